The number of fused-ring (bicyclic) bond motifs is 1. The van der Waals surface area contributed by atoms with Crippen molar-refractivity contribution in [3.05, 3.63) is 59.7 Å². The summed E-state index contributed by atoms with van der Waals surface area (Å²) in [6, 6.07) is 8.39. The van der Waals surface area contributed by atoms with E-state index in [2.05, 4.69) is 52.8 Å². The molecule has 2 nitrogen and oxygen atoms in total. The molecule has 2 aliphatic rings. The minimum atomic E-state index is -0.913. The Hall–Kier alpha value is -1.02. The van der Waals surface area contributed by atoms with Crippen molar-refractivity contribution in [2.24, 2.45) is 17.8 Å². The van der Waals surface area contributed by atoms with Gasteiger partial charge in [-0.2, -0.15) is 0 Å². The zero-order chi connectivity index (χ0) is 19.9. The second-order valence-electron chi connectivity index (χ2n) is 8.33. The van der Waals surface area contributed by atoms with Gasteiger partial charge in [0.25, 0.3) is 0 Å². The number of rotatable bonds is 9. The number of aliphatic hydroxyl groups is 1. The van der Waals surface area contributed by atoms with Crippen molar-refractivity contribution in [1.82, 2.24) is 0 Å². The Morgan fingerprint density at radius 1 is 1.25 bits per heavy atom. The van der Waals surface area contributed by atoms with E-state index >= 15 is 0 Å². The molecule has 6 atom stereocenters. The summed E-state index contributed by atoms with van der Waals surface area (Å²) in [7, 11) is 2.31. The van der Waals surface area contributed by atoms with Crippen molar-refractivity contribution in [1.29, 1.82) is 0 Å². The molecule has 3 rings (SSSR count). The molecule has 0 aromatic heterocycles. The fourth-order valence-corrected chi connectivity index (χ4v) is 5.04. The summed E-state index contributed by atoms with van der Waals surface area (Å²) in [6.07, 6.45) is 13.1. The monoisotopic (exact) mass is 404 g/mol. The third kappa shape index (κ3) is 5.32. The number of allylic oxidation sites excluding steroid dienone is 3. The van der Waals surface area contributed by atoms with Gasteiger partial charge in [0.1, 0.15) is 6.17 Å². The van der Waals surface area contributed by atoms with E-state index in [1.54, 1.807) is 0 Å². The van der Waals surface area contributed by atoms with Gasteiger partial charge in [-0.3, -0.25) is 0 Å². The average Bonchev–Trinajstić information content (AvgIpc) is 3.27. The van der Waals surface area contributed by atoms with Crippen LogP contribution in [0, 0.1) is 17.8 Å². The van der Waals surface area contributed by atoms with Crippen LogP contribution in [0.2, 0.25) is 0 Å². The standard InChI is InChI=1S/C24H34FO2P/c1-2-3-4-5-6-11-21-20(22(25)16-24(21)27-28)12-13-23(26)19-14-17-9-7-8-10-18(17)15-19/h5-10,12-13,19-24,26H,2-4,11,14-16,28H2,1H3/b6-5+,13-12+. The van der Waals surface area contributed by atoms with E-state index in [1.165, 1.54) is 24.0 Å². The first kappa shape index (κ1) is 21.7. The molecule has 0 bridgehead atoms. The Kier molecular flexibility index (Phi) is 8.26. The number of hydrogen-bond donors (Lipinski definition) is 1. The topological polar surface area (TPSA) is 29.5 Å². The number of halogens is 1. The lowest BCUT2D eigenvalue weighted by Gasteiger charge is -2.21. The molecule has 0 radical (unpaired) electrons. The number of aliphatic hydroxyl groups excluding tert-OH is 1. The summed E-state index contributed by atoms with van der Waals surface area (Å²) < 4.78 is 20.2. The van der Waals surface area contributed by atoms with E-state index in [0.717, 1.165) is 25.7 Å². The van der Waals surface area contributed by atoms with Gasteiger partial charge in [-0.15, -0.1) is 0 Å². The van der Waals surface area contributed by atoms with Crippen LogP contribution in [0.4, 0.5) is 4.39 Å². The second-order valence-corrected chi connectivity index (χ2v) is 8.60. The molecule has 0 heterocycles. The lowest BCUT2D eigenvalue weighted by molar-refractivity contribution is 0.155. The highest BCUT2D eigenvalue weighted by Crippen LogP contribution is 2.41. The first-order valence-corrected chi connectivity index (χ1v) is 11.2. The van der Waals surface area contributed by atoms with Crippen molar-refractivity contribution in [2.75, 3.05) is 0 Å². The molecule has 1 fully saturated rings. The number of unbranched alkanes of at least 4 members (excludes halogenated alkanes) is 2. The van der Waals surface area contributed by atoms with Crippen LogP contribution in [-0.4, -0.2) is 23.5 Å². The molecule has 0 saturated heterocycles. The van der Waals surface area contributed by atoms with Crippen molar-refractivity contribution >= 4 is 9.47 Å². The third-order valence-corrected chi connectivity index (χ3v) is 6.77. The maximum Gasteiger partial charge on any atom is 0.109 e. The molecule has 2 aliphatic carbocycles. The lowest BCUT2D eigenvalue weighted by Crippen LogP contribution is -2.22. The minimum absolute atomic E-state index is 0.0849. The number of benzene rings is 1. The Morgan fingerprint density at radius 3 is 2.61 bits per heavy atom. The van der Waals surface area contributed by atoms with Crippen molar-refractivity contribution in [2.45, 2.75) is 70.2 Å². The molecule has 0 aliphatic heterocycles. The molecule has 0 spiro atoms. The summed E-state index contributed by atoms with van der Waals surface area (Å²) in [5.74, 6) is 0.115. The van der Waals surface area contributed by atoms with E-state index in [4.69, 9.17) is 4.52 Å². The van der Waals surface area contributed by atoms with Crippen LogP contribution in [0.5, 0.6) is 0 Å². The van der Waals surface area contributed by atoms with Gasteiger partial charge in [0.05, 0.1) is 12.2 Å². The van der Waals surface area contributed by atoms with Gasteiger partial charge >= 0.3 is 0 Å². The van der Waals surface area contributed by atoms with Crippen LogP contribution in [0.1, 0.15) is 50.2 Å². The molecule has 1 aromatic carbocycles. The first-order valence-electron chi connectivity index (χ1n) is 10.7. The van der Waals surface area contributed by atoms with E-state index in [0.29, 0.717) is 6.42 Å². The zero-order valence-corrected chi connectivity index (χ0v) is 18.0. The molecule has 154 valence electrons. The number of alkyl halides is 1. The predicted molar refractivity (Wildman–Crippen MR) is 117 cm³/mol. The van der Waals surface area contributed by atoms with Crippen molar-refractivity contribution in [3.63, 3.8) is 0 Å². The van der Waals surface area contributed by atoms with Crippen LogP contribution < -0.4 is 0 Å². The van der Waals surface area contributed by atoms with Gasteiger partial charge in [-0.05, 0) is 48.6 Å². The Morgan fingerprint density at radius 2 is 1.96 bits per heavy atom. The average molecular weight is 405 g/mol. The Labute approximate surface area is 171 Å². The van der Waals surface area contributed by atoms with Gasteiger partial charge in [-0.25, -0.2) is 4.39 Å². The highest BCUT2D eigenvalue weighted by atomic mass is 31.0. The number of hydrogen-bond acceptors (Lipinski definition) is 2. The van der Waals surface area contributed by atoms with Gasteiger partial charge in [0, 0.05) is 21.8 Å². The van der Waals surface area contributed by atoms with Crippen LogP contribution in [0.3, 0.4) is 0 Å². The summed E-state index contributed by atoms with van der Waals surface area (Å²) in [5.41, 5.74) is 2.66. The van der Waals surface area contributed by atoms with E-state index in [1.807, 2.05) is 12.2 Å². The molecule has 1 saturated carbocycles. The van der Waals surface area contributed by atoms with Crippen LogP contribution in [-0.2, 0) is 17.4 Å². The molecular weight excluding hydrogens is 370 g/mol. The SMILES string of the molecule is CCCC/C=C/CC1C(OP)CC(F)C1/C=C/C(O)C1Cc2ccccc2C1. The molecule has 1 aromatic rings. The quantitative estimate of drug-likeness (QED) is 0.330. The Bertz CT molecular complexity index is 649. The van der Waals surface area contributed by atoms with E-state index < -0.39 is 12.3 Å². The maximum absolute atomic E-state index is 14.7. The first-order chi connectivity index (χ1) is 13.6. The van der Waals surface area contributed by atoms with Crippen molar-refractivity contribution < 1.29 is 14.0 Å². The highest BCUT2D eigenvalue weighted by molar-refractivity contribution is 7.09. The van der Waals surface area contributed by atoms with Gasteiger partial charge < -0.3 is 9.63 Å². The van der Waals surface area contributed by atoms with E-state index in [-0.39, 0.29) is 23.9 Å². The minimum Gasteiger partial charge on any atom is -0.389 e. The maximum atomic E-state index is 14.7. The van der Waals surface area contributed by atoms with E-state index in [9.17, 15) is 9.50 Å². The summed E-state index contributed by atoms with van der Waals surface area (Å²) in [6.45, 7) is 2.19. The fraction of sp³-hybridized carbons (Fsp3) is 0.583. The highest BCUT2D eigenvalue weighted by Gasteiger charge is 2.42. The molecule has 28 heavy (non-hydrogen) atoms. The van der Waals surface area contributed by atoms with Gasteiger partial charge in [0.2, 0.25) is 0 Å². The van der Waals surface area contributed by atoms with Crippen molar-refractivity contribution in [3.8, 4) is 0 Å². The largest absolute Gasteiger partial charge is 0.389 e. The summed E-state index contributed by atoms with van der Waals surface area (Å²) >= 11 is 0. The fourth-order valence-electron chi connectivity index (χ4n) is 4.73. The summed E-state index contributed by atoms with van der Waals surface area (Å²) in [5, 5.41) is 10.7. The van der Waals surface area contributed by atoms with Gasteiger partial charge in [0.15, 0.2) is 0 Å². The van der Waals surface area contributed by atoms with Crippen LogP contribution >= 0.6 is 9.47 Å². The summed E-state index contributed by atoms with van der Waals surface area (Å²) in [4.78, 5) is 0. The van der Waals surface area contributed by atoms with Crippen LogP contribution in [0.15, 0.2) is 48.6 Å². The third-order valence-electron chi connectivity index (χ3n) is 6.42. The Balaban J connectivity index is 1.60. The molecule has 4 heteroatoms. The van der Waals surface area contributed by atoms with Crippen LogP contribution in [0.25, 0.3) is 0 Å². The zero-order valence-electron chi connectivity index (χ0n) is 16.8. The normalized spacial score (nSPS) is 29.1. The van der Waals surface area contributed by atoms with Gasteiger partial charge in [-0.1, -0.05) is 68.3 Å². The molecule has 0 amide bonds. The lowest BCUT2D eigenvalue weighted by atomic mass is 9.89. The molecule has 6 unspecified atom stereocenters. The predicted octanol–water partition coefficient (Wildman–Crippen LogP) is 5.60. The molecule has 1 N–H and O–H groups in total. The smallest absolute Gasteiger partial charge is 0.109 e. The molecular formula is C24H34FO2P. The second kappa shape index (κ2) is 10.7.